The number of carbonyl (C=O) groups excluding carboxylic acids is 1. The molecule has 0 aromatic carbocycles. The molecule has 0 aliphatic rings. The first-order valence-electron chi connectivity index (χ1n) is 3.45. The van der Waals surface area contributed by atoms with Gasteiger partial charge < -0.3 is 10.5 Å². The van der Waals surface area contributed by atoms with Crippen molar-refractivity contribution in [3.8, 4) is 0 Å². The van der Waals surface area contributed by atoms with Crippen molar-refractivity contribution in [2.24, 2.45) is 5.73 Å². The lowest BCUT2D eigenvalue weighted by molar-refractivity contribution is -0.135. The van der Waals surface area contributed by atoms with Crippen LogP contribution in [0.4, 0.5) is 0 Å². The molecule has 0 aliphatic heterocycles. The van der Waals surface area contributed by atoms with Crippen LogP contribution in [-0.4, -0.2) is 19.6 Å². The highest BCUT2D eigenvalue weighted by Gasteiger charge is 2.00. The van der Waals surface area contributed by atoms with E-state index >= 15 is 0 Å². The molecule has 12 heavy (non-hydrogen) atoms. The fourth-order valence-electron chi connectivity index (χ4n) is 0.486. The highest BCUT2D eigenvalue weighted by atomic mass is 16.5. The molecule has 0 atom stereocenters. The number of carbonyl (C=O) groups is 1. The van der Waals surface area contributed by atoms with E-state index in [1.807, 2.05) is 0 Å². The van der Waals surface area contributed by atoms with Crippen LogP contribution in [0.1, 0.15) is 0 Å². The smallest absolute Gasteiger partial charge is 0.337 e. The van der Waals surface area contributed by atoms with Gasteiger partial charge in [0.15, 0.2) is 0 Å². The molecule has 0 fully saturated rings. The van der Waals surface area contributed by atoms with E-state index < -0.39 is 5.97 Å². The molecule has 0 saturated heterocycles. The van der Waals surface area contributed by atoms with Crippen molar-refractivity contribution in [3.63, 3.8) is 0 Å². The molecule has 2 N–H and O–H groups in total. The SMILES string of the molecule is C=C(/C=C\C(=C)C(=O)OC)CN. The number of hydrogen-bond donors (Lipinski definition) is 1. The van der Waals surface area contributed by atoms with E-state index in [1.54, 1.807) is 6.08 Å². The van der Waals surface area contributed by atoms with Crippen LogP contribution in [0.25, 0.3) is 0 Å². The zero-order chi connectivity index (χ0) is 9.56. The van der Waals surface area contributed by atoms with Gasteiger partial charge in [-0.2, -0.15) is 0 Å². The first kappa shape index (κ1) is 10.7. The molecule has 0 radical (unpaired) electrons. The van der Waals surface area contributed by atoms with Gasteiger partial charge in [-0.1, -0.05) is 19.2 Å². The predicted molar refractivity (Wildman–Crippen MR) is 48.5 cm³/mol. The minimum atomic E-state index is -0.448. The normalized spacial score (nSPS) is 9.83. The Balaban J connectivity index is 4.09. The zero-order valence-electron chi connectivity index (χ0n) is 7.17. The van der Waals surface area contributed by atoms with E-state index in [9.17, 15) is 4.79 Å². The Morgan fingerprint density at radius 2 is 2.08 bits per heavy atom. The van der Waals surface area contributed by atoms with Crippen molar-refractivity contribution in [1.82, 2.24) is 0 Å². The average Bonchev–Trinajstić information content (AvgIpc) is 2.11. The van der Waals surface area contributed by atoms with Crippen molar-refractivity contribution >= 4 is 5.97 Å². The quantitative estimate of drug-likeness (QED) is 0.382. The van der Waals surface area contributed by atoms with Gasteiger partial charge in [0.25, 0.3) is 0 Å². The van der Waals surface area contributed by atoms with E-state index in [1.165, 1.54) is 13.2 Å². The largest absolute Gasteiger partial charge is 0.465 e. The maximum absolute atomic E-state index is 10.8. The van der Waals surface area contributed by atoms with Gasteiger partial charge in [-0.05, 0) is 11.6 Å². The average molecular weight is 167 g/mol. The number of methoxy groups -OCH3 is 1. The third-order valence-corrected chi connectivity index (χ3v) is 1.23. The first-order valence-corrected chi connectivity index (χ1v) is 3.45. The van der Waals surface area contributed by atoms with Crippen LogP contribution in [0.2, 0.25) is 0 Å². The molecule has 0 aromatic heterocycles. The highest BCUT2D eigenvalue weighted by molar-refractivity contribution is 5.90. The fraction of sp³-hybridized carbons (Fsp3) is 0.222. The van der Waals surface area contributed by atoms with E-state index in [4.69, 9.17) is 5.73 Å². The Bertz CT molecular complexity index is 229. The van der Waals surface area contributed by atoms with Crippen molar-refractivity contribution < 1.29 is 9.53 Å². The van der Waals surface area contributed by atoms with E-state index in [0.717, 1.165) is 5.57 Å². The zero-order valence-corrected chi connectivity index (χ0v) is 7.17. The summed E-state index contributed by atoms with van der Waals surface area (Å²) in [6, 6.07) is 0. The Kier molecular flexibility index (Phi) is 4.72. The summed E-state index contributed by atoms with van der Waals surface area (Å²) in [4.78, 5) is 10.8. The number of nitrogens with two attached hydrogens (primary N) is 1. The van der Waals surface area contributed by atoms with Gasteiger partial charge in [-0.25, -0.2) is 4.79 Å². The van der Waals surface area contributed by atoms with E-state index in [0.29, 0.717) is 6.54 Å². The van der Waals surface area contributed by atoms with Gasteiger partial charge in [0.1, 0.15) is 0 Å². The third-order valence-electron chi connectivity index (χ3n) is 1.23. The van der Waals surface area contributed by atoms with E-state index in [-0.39, 0.29) is 5.57 Å². The maximum atomic E-state index is 10.8. The molecule has 0 spiro atoms. The van der Waals surface area contributed by atoms with Crippen molar-refractivity contribution in [3.05, 3.63) is 36.5 Å². The lowest BCUT2D eigenvalue weighted by Gasteiger charge is -1.96. The number of hydrogen-bond acceptors (Lipinski definition) is 3. The second-order valence-electron chi connectivity index (χ2n) is 2.21. The molecule has 0 heterocycles. The molecule has 3 nitrogen and oxygen atoms in total. The molecule has 3 heteroatoms. The summed E-state index contributed by atoms with van der Waals surface area (Å²) in [5, 5.41) is 0. The molecule has 0 saturated carbocycles. The van der Waals surface area contributed by atoms with Crippen LogP contribution in [-0.2, 0) is 9.53 Å². The maximum Gasteiger partial charge on any atom is 0.337 e. The lowest BCUT2D eigenvalue weighted by atomic mass is 10.2. The number of esters is 1. The summed E-state index contributed by atoms with van der Waals surface area (Å²) < 4.78 is 4.43. The number of rotatable bonds is 4. The Morgan fingerprint density at radius 3 is 2.50 bits per heavy atom. The van der Waals surface area contributed by atoms with Gasteiger partial charge in [0.2, 0.25) is 0 Å². The second-order valence-corrected chi connectivity index (χ2v) is 2.21. The van der Waals surface area contributed by atoms with Crippen molar-refractivity contribution in [2.45, 2.75) is 0 Å². The van der Waals surface area contributed by atoms with Gasteiger partial charge in [-0.15, -0.1) is 0 Å². The van der Waals surface area contributed by atoms with Crippen molar-refractivity contribution in [1.29, 1.82) is 0 Å². The molecule has 0 aliphatic carbocycles. The van der Waals surface area contributed by atoms with E-state index in [2.05, 4.69) is 17.9 Å². The van der Waals surface area contributed by atoms with Crippen LogP contribution in [0.5, 0.6) is 0 Å². The van der Waals surface area contributed by atoms with Gasteiger partial charge in [0, 0.05) is 6.54 Å². The highest BCUT2D eigenvalue weighted by Crippen LogP contribution is 1.98. The minimum Gasteiger partial charge on any atom is -0.465 e. The van der Waals surface area contributed by atoms with Crippen LogP contribution < -0.4 is 5.73 Å². The fourth-order valence-corrected chi connectivity index (χ4v) is 0.486. The summed E-state index contributed by atoms with van der Waals surface area (Å²) >= 11 is 0. The Labute approximate surface area is 72.2 Å². The standard InChI is InChI=1S/C9H13NO2/c1-7(6-10)4-5-8(2)9(11)12-3/h4-5H,1-2,6,10H2,3H3/b5-4-. The van der Waals surface area contributed by atoms with Crippen LogP contribution in [0.3, 0.4) is 0 Å². The topological polar surface area (TPSA) is 52.3 Å². The van der Waals surface area contributed by atoms with Crippen LogP contribution in [0, 0.1) is 0 Å². The number of ether oxygens (including phenoxy) is 1. The van der Waals surface area contributed by atoms with Gasteiger partial charge in [0.05, 0.1) is 12.7 Å². The Morgan fingerprint density at radius 1 is 1.50 bits per heavy atom. The minimum absolute atomic E-state index is 0.284. The molecular formula is C9H13NO2. The van der Waals surface area contributed by atoms with Crippen LogP contribution >= 0.6 is 0 Å². The molecule has 66 valence electrons. The van der Waals surface area contributed by atoms with Gasteiger partial charge in [-0.3, -0.25) is 0 Å². The van der Waals surface area contributed by atoms with Gasteiger partial charge >= 0.3 is 5.97 Å². The molecule has 0 rings (SSSR count). The summed E-state index contributed by atoms with van der Waals surface area (Å²) in [5.74, 6) is -0.448. The summed E-state index contributed by atoms with van der Waals surface area (Å²) in [7, 11) is 1.30. The molecule has 0 bridgehead atoms. The summed E-state index contributed by atoms with van der Waals surface area (Å²) in [6.07, 6.45) is 3.17. The van der Waals surface area contributed by atoms with Crippen LogP contribution in [0.15, 0.2) is 36.5 Å². The summed E-state index contributed by atoms with van der Waals surface area (Å²) in [6.45, 7) is 7.48. The Hall–Kier alpha value is -1.35. The predicted octanol–water partition coefficient (Wildman–Crippen LogP) is 0.787. The molecule has 0 amide bonds. The molecule has 0 unspecified atom stereocenters. The first-order chi connectivity index (χ1) is 5.61. The second kappa shape index (κ2) is 5.32. The van der Waals surface area contributed by atoms with Crippen molar-refractivity contribution in [2.75, 3.05) is 13.7 Å². The summed E-state index contributed by atoms with van der Waals surface area (Å²) in [5.41, 5.74) is 6.29. The molecular weight excluding hydrogens is 154 g/mol. The molecule has 0 aromatic rings. The lowest BCUT2D eigenvalue weighted by Crippen LogP contribution is -2.02. The third kappa shape index (κ3) is 3.73. The monoisotopic (exact) mass is 167 g/mol.